The first-order valence-corrected chi connectivity index (χ1v) is 1.96. The van der Waals surface area contributed by atoms with E-state index in [-0.39, 0.29) is 6.08 Å². The van der Waals surface area contributed by atoms with Crippen molar-refractivity contribution < 1.29 is 22.0 Å². The molecule has 0 saturated heterocycles. The van der Waals surface area contributed by atoms with Crippen molar-refractivity contribution in [1.29, 1.82) is 0 Å². The second-order valence-corrected chi connectivity index (χ2v) is 1.26. The van der Waals surface area contributed by atoms with Gasteiger partial charge in [-0.05, 0) is 6.08 Å². The van der Waals surface area contributed by atoms with Crippen LogP contribution < -0.4 is 0 Å². The first kappa shape index (κ1) is 8.39. The van der Waals surface area contributed by atoms with Gasteiger partial charge in [-0.1, -0.05) is 0 Å². The highest BCUT2D eigenvalue weighted by molar-refractivity contribution is 4.87. The Hall–Kier alpha value is -0.610. The summed E-state index contributed by atoms with van der Waals surface area (Å²) in [6.45, 7) is 0. The topological polar surface area (TPSA) is 0 Å². The van der Waals surface area contributed by atoms with E-state index in [0.29, 0.717) is 0 Å². The normalized spacial score (nSPS) is 16.6. The quantitative estimate of drug-likeness (QED) is 0.498. The molecular weight excluding hydrogens is 143 g/mol. The Labute approximate surface area is 48.0 Å². The van der Waals surface area contributed by atoms with E-state index < -0.39 is 18.7 Å². The molecule has 5 heteroatoms. The van der Waals surface area contributed by atoms with Crippen LogP contribution in [0.4, 0.5) is 22.0 Å². The molecule has 0 aromatic rings. The lowest BCUT2D eigenvalue weighted by atomic mass is 10.4. The molecule has 0 saturated carbocycles. The summed E-state index contributed by atoms with van der Waals surface area (Å²) in [6.07, 6.45) is -8.86. The summed E-state index contributed by atoms with van der Waals surface area (Å²) in [5.41, 5.74) is 0. The van der Waals surface area contributed by atoms with Gasteiger partial charge in [-0.2, -0.15) is 13.2 Å². The third kappa shape index (κ3) is 3.05. The highest BCUT2D eigenvalue weighted by atomic mass is 19.4. The molecule has 1 atom stereocenters. The van der Waals surface area contributed by atoms with Crippen LogP contribution in [0.1, 0.15) is 0 Å². The summed E-state index contributed by atoms with van der Waals surface area (Å²) in [6, 6.07) is 0. The maximum absolute atomic E-state index is 11.5. The van der Waals surface area contributed by atoms with Crippen molar-refractivity contribution in [3.8, 4) is 0 Å². The number of halogens is 5. The summed E-state index contributed by atoms with van der Waals surface area (Å²) in [4.78, 5) is 0. The summed E-state index contributed by atoms with van der Waals surface area (Å²) in [5.74, 6) is 0. The summed E-state index contributed by atoms with van der Waals surface area (Å²) < 4.78 is 55.4. The van der Waals surface area contributed by atoms with Gasteiger partial charge >= 0.3 is 6.18 Å². The fraction of sp³-hybridized carbons (Fsp3) is 0.500. The maximum atomic E-state index is 11.5. The Morgan fingerprint density at radius 2 is 1.67 bits per heavy atom. The van der Waals surface area contributed by atoms with Crippen molar-refractivity contribution in [2.24, 2.45) is 0 Å². The minimum absolute atomic E-state index is 0.208. The van der Waals surface area contributed by atoms with Gasteiger partial charge in [0.2, 0.25) is 6.17 Å². The molecular formula is C4H3F5. The molecule has 0 aliphatic heterocycles. The van der Waals surface area contributed by atoms with Crippen LogP contribution in [0, 0.1) is 0 Å². The van der Waals surface area contributed by atoms with Gasteiger partial charge in [0.15, 0.2) is 0 Å². The Morgan fingerprint density at radius 1 is 1.22 bits per heavy atom. The Bertz CT molecular complexity index is 102. The van der Waals surface area contributed by atoms with Crippen molar-refractivity contribution in [3.05, 3.63) is 12.4 Å². The molecule has 0 nitrogen and oxygen atoms in total. The second-order valence-electron chi connectivity index (χ2n) is 1.26. The molecule has 0 heterocycles. The maximum Gasteiger partial charge on any atom is 0.423 e. The van der Waals surface area contributed by atoms with Gasteiger partial charge in [-0.25, -0.2) is 8.78 Å². The molecule has 0 N–H and O–H groups in total. The van der Waals surface area contributed by atoms with Crippen molar-refractivity contribution in [1.82, 2.24) is 0 Å². The van der Waals surface area contributed by atoms with Crippen LogP contribution in [-0.4, -0.2) is 12.3 Å². The lowest BCUT2D eigenvalue weighted by Gasteiger charge is -2.05. The van der Waals surface area contributed by atoms with Crippen molar-refractivity contribution in [2.45, 2.75) is 12.3 Å². The fourth-order valence-electron chi connectivity index (χ4n) is 0.173. The predicted octanol–water partition coefficient (Wildman–Crippen LogP) is 2.37. The van der Waals surface area contributed by atoms with E-state index in [1.807, 2.05) is 0 Å². The molecule has 0 aliphatic carbocycles. The first-order chi connectivity index (χ1) is 3.98. The Morgan fingerprint density at radius 3 is 1.78 bits per heavy atom. The largest absolute Gasteiger partial charge is 0.423 e. The molecule has 0 amide bonds. The molecule has 1 unspecified atom stereocenters. The predicted molar refractivity (Wildman–Crippen MR) is 21.2 cm³/mol. The monoisotopic (exact) mass is 146 g/mol. The number of hydrogen-bond donors (Lipinski definition) is 0. The zero-order valence-corrected chi connectivity index (χ0v) is 4.12. The smallest absolute Gasteiger partial charge is 0.233 e. The molecule has 0 aromatic carbocycles. The van der Waals surface area contributed by atoms with E-state index in [1.54, 1.807) is 0 Å². The standard InChI is InChI=1S/C4H3F5/c5-2-1-3(6)4(7,8)9/h1-3H/b2-1-. The van der Waals surface area contributed by atoms with Gasteiger partial charge in [-0.3, -0.25) is 0 Å². The van der Waals surface area contributed by atoms with Gasteiger partial charge < -0.3 is 0 Å². The van der Waals surface area contributed by atoms with Crippen LogP contribution in [0.2, 0.25) is 0 Å². The fourth-order valence-corrected chi connectivity index (χ4v) is 0.173. The molecule has 0 rings (SSSR count). The van der Waals surface area contributed by atoms with Gasteiger partial charge in [-0.15, -0.1) is 0 Å². The van der Waals surface area contributed by atoms with Crippen LogP contribution in [0.15, 0.2) is 12.4 Å². The molecule has 0 aliphatic rings. The highest BCUT2D eigenvalue weighted by Crippen LogP contribution is 2.23. The Kier molecular flexibility index (Phi) is 2.61. The van der Waals surface area contributed by atoms with Gasteiger partial charge in [0.25, 0.3) is 0 Å². The van der Waals surface area contributed by atoms with Crippen LogP contribution in [-0.2, 0) is 0 Å². The third-order valence-electron chi connectivity index (χ3n) is 0.554. The lowest BCUT2D eigenvalue weighted by molar-refractivity contribution is -0.166. The molecule has 0 radical (unpaired) electrons. The zero-order chi connectivity index (χ0) is 7.49. The lowest BCUT2D eigenvalue weighted by Crippen LogP contribution is -2.21. The van der Waals surface area contributed by atoms with Crippen molar-refractivity contribution in [3.63, 3.8) is 0 Å². The minimum Gasteiger partial charge on any atom is -0.233 e. The van der Waals surface area contributed by atoms with Gasteiger partial charge in [0.1, 0.15) is 0 Å². The number of rotatable bonds is 1. The minimum atomic E-state index is -4.98. The van der Waals surface area contributed by atoms with E-state index in [2.05, 4.69) is 0 Å². The summed E-state index contributed by atoms with van der Waals surface area (Å²) in [5, 5.41) is 0. The molecule has 0 fully saturated rings. The molecule has 9 heavy (non-hydrogen) atoms. The average Bonchev–Trinajstić information content (AvgIpc) is 1.64. The third-order valence-corrected chi connectivity index (χ3v) is 0.554. The molecule has 0 aromatic heterocycles. The van der Waals surface area contributed by atoms with Crippen LogP contribution in [0.3, 0.4) is 0 Å². The zero-order valence-electron chi connectivity index (χ0n) is 4.12. The number of allylic oxidation sites excluding steroid dienone is 1. The summed E-state index contributed by atoms with van der Waals surface area (Å²) >= 11 is 0. The van der Waals surface area contributed by atoms with E-state index in [1.165, 1.54) is 0 Å². The first-order valence-electron chi connectivity index (χ1n) is 1.96. The van der Waals surface area contributed by atoms with E-state index in [9.17, 15) is 22.0 Å². The van der Waals surface area contributed by atoms with E-state index >= 15 is 0 Å². The van der Waals surface area contributed by atoms with Gasteiger partial charge in [0.05, 0.1) is 6.33 Å². The highest BCUT2D eigenvalue weighted by Gasteiger charge is 2.38. The molecule has 54 valence electrons. The van der Waals surface area contributed by atoms with Crippen LogP contribution in [0.5, 0.6) is 0 Å². The van der Waals surface area contributed by atoms with E-state index in [0.717, 1.165) is 0 Å². The van der Waals surface area contributed by atoms with Crippen LogP contribution in [0.25, 0.3) is 0 Å². The number of alkyl halides is 4. The second kappa shape index (κ2) is 2.80. The van der Waals surface area contributed by atoms with Crippen LogP contribution >= 0.6 is 0 Å². The van der Waals surface area contributed by atoms with Gasteiger partial charge in [0, 0.05) is 0 Å². The molecule has 0 spiro atoms. The number of hydrogen-bond acceptors (Lipinski definition) is 0. The van der Waals surface area contributed by atoms with E-state index in [4.69, 9.17) is 0 Å². The Balaban J connectivity index is 3.88. The SMILES string of the molecule is F/C=C\C(F)C(F)(F)F. The van der Waals surface area contributed by atoms with Crippen molar-refractivity contribution in [2.75, 3.05) is 0 Å². The van der Waals surface area contributed by atoms with Crippen molar-refractivity contribution >= 4 is 0 Å². The average molecular weight is 146 g/mol. The molecule has 0 bridgehead atoms. The summed E-state index contributed by atoms with van der Waals surface area (Å²) in [7, 11) is 0.